The fourth-order valence-electron chi connectivity index (χ4n) is 1.58. The van der Waals surface area contributed by atoms with E-state index in [1.807, 2.05) is 30.3 Å². The summed E-state index contributed by atoms with van der Waals surface area (Å²) in [6, 6.07) is 8.33. The van der Waals surface area contributed by atoms with Gasteiger partial charge in [0.25, 0.3) is 0 Å². The summed E-state index contributed by atoms with van der Waals surface area (Å²) in [6.07, 6.45) is -0.757. The lowest BCUT2D eigenvalue weighted by Crippen LogP contribution is -2.40. The van der Waals surface area contributed by atoms with Gasteiger partial charge in [-0.1, -0.05) is 30.3 Å². The molecule has 1 fully saturated rings. The van der Waals surface area contributed by atoms with Gasteiger partial charge in [0.05, 0.1) is 6.42 Å². The van der Waals surface area contributed by atoms with Crippen LogP contribution in [-0.4, -0.2) is 23.9 Å². The monoisotopic (exact) mass is 248 g/mol. The van der Waals surface area contributed by atoms with Crippen molar-refractivity contribution in [2.24, 2.45) is 0 Å². The van der Waals surface area contributed by atoms with E-state index in [9.17, 15) is 14.4 Å². The van der Waals surface area contributed by atoms with Crippen LogP contribution in [0.25, 0.3) is 0 Å². The summed E-state index contributed by atoms with van der Waals surface area (Å²) in [4.78, 5) is 33.5. The Hall–Kier alpha value is -2.37. The average Bonchev–Trinajstić information content (AvgIpc) is 2.67. The van der Waals surface area contributed by atoms with Crippen molar-refractivity contribution in [3.05, 3.63) is 35.9 Å². The van der Waals surface area contributed by atoms with Crippen molar-refractivity contribution >= 4 is 17.9 Å². The number of hydrogen-bond acceptors (Lipinski definition) is 4. The van der Waals surface area contributed by atoms with Crippen molar-refractivity contribution in [1.82, 2.24) is 10.6 Å². The molecule has 1 aromatic rings. The predicted octanol–water partition coefficient (Wildman–Crippen LogP) is 0.328. The zero-order valence-corrected chi connectivity index (χ0v) is 9.51. The molecular formula is C12H12N2O4. The third-order valence-corrected chi connectivity index (χ3v) is 2.47. The summed E-state index contributed by atoms with van der Waals surface area (Å²) in [5.74, 6) is -0.898. The second-order valence-electron chi connectivity index (χ2n) is 3.88. The van der Waals surface area contributed by atoms with Gasteiger partial charge in [0.15, 0.2) is 0 Å². The van der Waals surface area contributed by atoms with Gasteiger partial charge in [-0.3, -0.25) is 14.9 Å². The van der Waals surface area contributed by atoms with Crippen LogP contribution >= 0.6 is 0 Å². The van der Waals surface area contributed by atoms with Crippen LogP contribution in [0.2, 0.25) is 0 Å². The van der Waals surface area contributed by atoms with Crippen molar-refractivity contribution in [3.8, 4) is 0 Å². The lowest BCUT2D eigenvalue weighted by Gasteiger charge is -2.09. The number of amides is 3. The van der Waals surface area contributed by atoms with Gasteiger partial charge in [-0.2, -0.15) is 0 Å². The molecule has 2 rings (SSSR count). The first-order valence-corrected chi connectivity index (χ1v) is 5.46. The minimum absolute atomic E-state index is 0.0424. The van der Waals surface area contributed by atoms with Crippen molar-refractivity contribution in [1.29, 1.82) is 0 Å². The van der Waals surface area contributed by atoms with E-state index in [2.05, 4.69) is 10.6 Å². The normalized spacial score (nSPS) is 18.3. The van der Waals surface area contributed by atoms with Crippen molar-refractivity contribution in [2.75, 3.05) is 0 Å². The molecule has 6 nitrogen and oxygen atoms in total. The summed E-state index contributed by atoms with van der Waals surface area (Å²) < 4.78 is 4.93. The molecule has 0 aromatic heterocycles. The number of hydrogen-bond donors (Lipinski definition) is 2. The molecule has 1 heterocycles. The van der Waals surface area contributed by atoms with Crippen LogP contribution in [-0.2, 0) is 20.9 Å². The average molecular weight is 248 g/mol. The Labute approximate surface area is 103 Å². The lowest BCUT2D eigenvalue weighted by atomic mass is 10.2. The zero-order chi connectivity index (χ0) is 13.0. The first-order chi connectivity index (χ1) is 8.65. The molecule has 1 atom stereocenters. The highest BCUT2D eigenvalue weighted by Gasteiger charge is 2.31. The summed E-state index contributed by atoms with van der Waals surface area (Å²) in [5, 5.41) is 4.43. The molecule has 18 heavy (non-hydrogen) atoms. The highest BCUT2D eigenvalue weighted by atomic mass is 16.5. The maximum atomic E-state index is 11.4. The third kappa shape index (κ3) is 3.07. The molecule has 2 N–H and O–H groups in total. The summed E-state index contributed by atoms with van der Waals surface area (Å²) >= 11 is 0. The van der Waals surface area contributed by atoms with E-state index >= 15 is 0 Å². The topological polar surface area (TPSA) is 84.5 Å². The molecule has 6 heteroatoms. The van der Waals surface area contributed by atoms with E-state index in [0.29, 0.717) is 0 Å². The van der Waals surface area contributed by atoms with Gasteiger partial charge < -0.3 is 10.1 Å². The van der Waals surface area contributed by atoms with Crippen LogP contribution < -0.4 is 10.6 Å². The molecule has 1 aliphatic rings. The second-order valence-corrected chi connectivity index (χ2v) is 3.88. The van der Waals surface area contributed by atoms with Crippen LogP contribution in [0.3, 0.4) is 0 Å². The van der Waals surface area contributed by atoms with Crippen LogP contribution in [0.4, 0.5) is 4.79 Å². The molecule has 0 radical (unpaired) electrons. The first-order valence-electron chi connectivity index (χ1n) is 5.46. The Kier molecular flexibility index (Phi) is 3.57. The van der Waals surface area contributed by atoms with E-state index in [1.54, 1.807) is 0 Å². The molecule has 94 valence electrons. The quantitative estimate of drug-likeness (QED) is 0.755. The Bertz CT molecular complexity index is 472. The molecule has 1 aromatic carbocycles. The fourth-order valence-corrected chi connectivity index (χ4v) is 1.58. The lowest BCUT2D eigenvalue weighted by molar-refractivity contribution is -0.125. The van der Waals surface area contributed by atoms with Gasteiger partial charge in [-0.25, -0.2) is 4.79 Å². The standard InChI is InChI=1S/C12H12N2O4/c15-10-6-9(11(16)14-10)13-12(17)18-7-8-4-2-1-3-5-8/h1-5,9H,6-7H2,(H,13,17)(H,14,15,16). The molecule has 0 spiro atoms. The Balaban J connectivity index is 1.79. The largest absolute Gasteiger partial charge is 0.445 e. The molecule has 1 aliphatic heterocycles. The highest BCUT2D eigenvalue weighted by molar-refractivity contribution is 6.06. The van der Waals surface area contributed by atoms with Crippen LogP contribution in [0.15, 0.2) is 30.3 Å². The summed E-state index contributed by atoms with van der Waals surface area (Å²) in [5.41, 5.74) is 0.847. The Morgan fingerprint density at radius 1 is 1.33 bits per heavy atom. The number of ether oxygens (including phenoxy) is 1. The molecular weight excluding hydrogens is 236 g/mol. The van der Waals surface area contributed by atoms with Crippen LogP contribution in [0.1, 0.15) is 12.0 Å². The number of imide groups is 1. The number of nitrogens with one attached hydrogen (secondary N) is 2. The van der Waals surface area contributed by atoms with Gasteiger partial charge >= 0.3 is 6.09 Å². The Morgan fingerprint density at radius 2 is 2.06 bits per heavy atom. The number of benzene rings is 1. The van der Waals surface area contributed by atoms with E-state index < -0.39 is 23.9 Å². The zero-order valence-electron chi connectivity index (χ0n) is 9.51. The van der Waals surface area contributed by atoms with Crippen molar-refractivity contribution in [2.45, 2.75) is 19.1 Å². The molecule has 1 saturated heterocycles. The smallest absolute Gasteiger partial charge is 0.408 e. The van der Waals surface area contributed by atoms with E-state index in [4.69, 9.17) is 4.74 Å². The summed E-state index contributed by atoms with van der Waals surface area (Å²) in [7, 11) is 0. The van der Waals surface area contributed by atoms with Crippen molar-refractivity contribution in [3.63, 3.8) is 0 Å². The van der Waals surface area contributed by atoms with E-state index in [1.165, 1.54) is 0 Å². The fraction of sp³-hybridized carbons (Fsp3) is 0.250. The Morgan fingerprint density at radius 3 is 2.67 bits per heavy atom. The number of rotatable bonds is 3. The molecule has 3 amide bonds. The minimum atomic E-state index is -0.833. The third-order valence-electron chi connectivity index (χ3n) is 2.47. The van der Waals surface area contributed by atoms with E-state index in [-0.39, 0.29) is 13.0 Å². The molecule has 0 saturated carbocycles. The predicted molar refractivity (Wildman–Crippen MR) is 61.3 cm³/mol. The van der Waals surface area contributed by atoms with Gasteiger partial charge in [-0.05, 0) is 5.56 Å². The van der Waals surface area contributed by atoms with E-state index in [0.717, 1.165) is 5.56 Å². The molecule has 0 bridgehead atoms. The first kappa shape index (κ1) is 12.1. The number of carbonyl (C=O) groups excluding carboxylic acids is 3. The van der Waals surface area contributed by atoms with Crippen LogP contribution in [0, 0.1) is 0 Å². The number of carbonyl (C=O) groups is 3. The van der Waals surface area contributed by atoms with Gasteiger partial charge in [-0.15, -0.1) is 0 Å². The maximum Gasteiger partial charge on any atom is 0.408 e. The van der Waals surface area contributed by atoms with Gasteiger partial charge in [0.1, 0.15) is 12.6 Å². The SMILES string of the molecule is O=C1CC(NC(=O)OCc2ccccc2)C(=O)N1. The number of alkyl carbamates (subject to hydrolysis) is 1. The second kappa shape index (κ2) is 5.31. The molecule has 1 unspecified atom stereocenters. The maximum absolute atomic E-state index is 11.4. The molecule has 0 aliphatic carbocycles. The van der Waals surface area contributed by atoms with Crippen molar-refractivity contribution < 1.29 is 19.1 Å². The minimum Gasteiger partial charge on any atom is -0.445 e. The summed E-state index contributed by atoms with van der Waals surface area (Å²) in [6.45, 7) is 0.120. The van der Waals surface area contributed by atoms with Crippen LogP contribution in [0.5, 0.6) is 0 Å². The van der Waals surface area contributed by atoms with Gasteiger partial charge in [0.2, 0.25) is 11.8 Å². The highest BCUT2D eigenvalue weighted by Crippen LogP contribution is 2.03. The van der Waals surface area contributed by atoms with Gasteiger partial charge in [0, 0.05) is 0 Å².